The van der Waals surface area contributed by atoms with E-state index < -0.39 is 10.1 Å². The molecule has 0 unspecified atom stereocenters. The topological polar surface area (TPSA) is 58.2 Å². The maximum atomic E-state index is 10.5. The summed E-state index contributed by atoms with van der Waals surface area (Å²) in [6.07, 6.45) is 1.19. The van der Waals surface area contributed by atoms with E-state index in [1.54, 1.807) is 11.3 Å². The van der Waals surface area contributed by atoms with Crippen LogP contribution in [0, 0.1) is 6.92 Å². The minimum Gasteiger partial charge on any atom is -0.286 e. The van der Waals surface area contributed by atoms with Crippen LogP contribution in [0.2, 0.25) is 0 Å². The molecular formula is C9H16NO3S2+. The van der Waals surface area contributed by atoms with Gasteiger partial charge in [-0.05, 0) is 19.8 Å². The Hall–Kier alpha value is -0.460. The van der Waals surface area contributed by atoms with Gasteiger partial charge in [0.2, 0.25) is 5.51 Å². The number of aryl methyl sites for hydroxylation is 2. The Morgan fingerprint density at radius 3 is 2.67 bits per heavy atom. The molecule has 0 aliphatic carbocycles. The third-order valence-electron chi connectivity index (χ3n) is 2.30. The minimum atomic E-state index is -3.81. The molecule has 6 heteroatoms. The predicted octanol–water partition coefficient (Wildman–Crippen LogP) is 1.18. The van der Waals surface area contributed by atoms with Crippen LogP contribution < -0.4 is 4.57 Å². The van der Waals surface area contributed by atoms with Crippen molar-refractivity contribution < 1.29 is 17.5 Å². The van der Waals surface area contributed by atoms with E-state index in [1.165, 1.54) is 10.6 Å². The van der Waals surface area contributed by atoms with Gasteiger partial charge < -0.3 is 0 Å². The van der Waals surface area contributed by atoms with Gasteiger partial charge in [0.1, 0.15) is 6.54 Å². The smallest absolute Gasteiger partial charge is 0.264 e. The summed E-state index contributed by atoms with van der Waals surface area (Å²) in [5.41, 5.74) is 3.23. The van der Waals surface area contributed by atoms with Crippen molar-refractivity contribution in [2.45, 2.75) is 33.2 Å². The summed E-state index contributed by atoms with van der Waals surface area (Å²) >= 11 is 1.64. The molecule has 0 amide bonds. The second-order valence-corrected chi connectivity index (χ2v) is 5.92. The number of hydrogen-bond donors (Lipinski definition) is 1. The van der Waals surface area contributed by atoms with Gasteiger partial charge in [0.25, 0.3) is 10.1 Å². The Balaban J connectivity index is 2.55. The molecule has 0 radical (unpaired) electrons. The molecule has 0 aromatic carbocycles. The molecule has 0 aliphatic rings. The third-order valence-corrected chi connectivity index (χ3v) is 4.25. The van der Waals surface area contributed by atoms with Crippen molar-refractivity contribution in [2.24, 2.45) is 0 Å². The molecule has 0 bridgehead atoms. The van der Waals surface area contributed by atoms with Crippen molar-refractivity contribution >= 4 is 21.5 Å². The van der Waals surface area contributed by atoms with Crippen LogP contribution in [-0.4, -0.2) is 18.7 Å². The van der Waals surface area contributed by atoms with E-state index in [9.17, 15) is 8.42 Å². The summed E-state index contributed by atoms with van der Waals surface area (Å²) < 4.78 is 31.8. The molecule has 1 N–H and O–H groups in total. The molecule has 1 heterocycles. The first kappa shape index (κ1) is 12.6. The Labute approximate surface area is 94.3 Å². The lowest BCUT2D eigenvalue weighted by Crippen LogP contribution is -2.32. The van der Waals surface area contributed by atoms with E-state index in [1.807, 2.05) is 12.4 Å². The number of rotatable bonds is 5. The maximum Gasteiger partial charge on any atom is 0.264 e. The Kier molecular flexibility index (Phi) is 4.24. The normalized spacial score (nSPS) is 11.9. The first-order chi connectivity index (χ1) is 6.94. The van der Waals surface area contributed by atoms with Crippen LogP contribution in [0.3, 0.4) is 0 Å². The summed E-state index contributed by atoms with van der Waals surface area (Å²) in [4.78, 5) is 1.19. The molecule has 1 rings (SSSR count). The van der Waals surface area contributed by atoms with Crippen molar-refractivity contribution in [3.8, 4) is 0 Å². The Morgan fingerprint density at radius 2 is 2.20 bits per heavy atom. The van der Waals surface area contributed by atoms with Crippen LogP contribution in [0.25, 0.3) is 0 Å². The van der Waals surface area contributed by atoms with Crippen molar-refractivity contribution in [3.63, 3.8) is 0 Å². The van der Waals surface area contributed by atoms with Crippen LogP contribution in [-0.2, 0) is 23.1 Å². The van der Waals surface area contributed by atoms with Gasteiger partial charge in [0.15, 0.2) is 5.69 Å². The molecule has 0 spiro atoms. The molecule has 0 atom stereocenters. The van der Waals surface area contributed by atoms with Crippen molar-refractivity contribution in [3.05, 3.63) is 16.1 Å². The van der Waals surface area contributed by atoms with Crippen LogP contribution in [0.15, 0.2) is 5.51 Å². The van der Waals surface area contributed by atoms with Gasteiger partial charge in [-0.1, -0.05) is 11.3 Å². The highest BCUT2D eigenvalue weighted by Gasteiger charge is 2.14. The molecule has 15 heavy (non-hydrogen) atoms. The monoisotopic (exact) mass is 250 g/mol. The van der Waals surface area contributed by atoms with E-state index in [0.29, 0.717) is 12.8 Å². The number of nitrogens with zero attached hydrogens (tertiary/aromatic N) is 1. The number of hydrogen-bond acceptors (Lipinski definition) is 3. The average molecular weight is 250 g/mol. The van der Waals surface area contributed by atoms with Crippen molar-refractivity contribution in [1.82, 2.24) is 0 Å². The van der Waals surface area contributed by atoms with Gasteiger partial charge in [0.05, 0.1) is 10.6 Å². The zero-order chi connectivity index (χ0) is 11.5. The highest BCUT2D eigenvalue weighted by Crippen LogP contribution is 2.13. The van der Waals surface area contributed by atoms with E-state index in [4.69, 9.17) is 4.55 Å². The number of aromatic nitrogens is 1. The quantitative estimate of drug-likeness (QED) is 0.630. The largest absolute Gasteiger partial charge is 0.286 e. The van der Waals surface area contributed by atoms with Crippen LogP contribution in [0.1, 0.15) is 23.9 Å². The maximum absolute atomic E-state index is 10.5. The third kappa shape index (κ3) is 3.89. The second-order valence-electron chi connectivity index (χ2n) is 3.41. The second kappa shape index (κ2) is 5.05. The standard InChI is InChI=1S/C9H15NO3S2/c1-3-10-7-14-9(8(10)2)5-4-6-15(11,12)13/h7H,3-6H2,1-2H3/p+1. The molecule has 4 nitrogen and oxygen atoms in total. The molecule has 0 fully saturated rings. The number of thiazole rings is 1. The Bertz CT molecular complexity index is 423. The molecule has 0 saturated carbocycles. The van der Waals surface area contributed by atoms with Crippen LogP contribution >= 0.6 is 11.3 Å². The van der Waals surface area contributed by atoms with E-state index in [2.05, 4.69) is 11.5 Å². The zero-order valence-electron chi connectivity index (χ0n) is 8.93. The average Bonchev–Trinajstić information content (AvgIpc) is 2.46. The summed E-state index contributed by atoms with van der Waals surface area (Å²) in [5, 5.41) is 0. The lowest BCUT2D eigenvalue weighted by atomic mass is 10.2. The van der Waals surface area contributed by atoms with Crippen molar-refractivity contribution in [1.29, 1.82) is 0 Å². The molecule has 1 aromatic heterocycles. The molecule has 0 aliphatic heterocycles. The van der Waals surface area contributed by atoms with Crippen molar-refractivity contribution in [2.75, 3.05) is 5.75 Å². The van der Waals surface area contributed by atoms with Gasteiger partial charge in [-0.15, -0.1) is 0 Å². The first-order valence-corrected chi connectivity index (χ1v) is 7.34. The van der Waals surface area contributed by atoms with E-state index in [0.717, 1.165) is 6.54 Å². The fraction of sp³-hybridized carbons (Fsp3) is 0.667. The van der Waals surface area contributed by atoms with Crippen LogP contribution in [0.5, 0.6) is 0 Å². The lowest BCUT2D eigenvalue weighted by Gasteiger charge is -1.96. The summed E-state index contributed by atoms with van der Waals surface area (Å²) in [5.74, 6) is -0.156. The fourth-order valence-electron chi connectivity index (χ4n) is 1.42. The highest BCUT2D eigenvalue weighted by molar-refractivity contribution is 7.85. The lowest BCUT2D eigenvalue weighted by molar-refractivity contribution is -0.694. The Morgan fingerprint density at radius 1 is 1.53 bits per heavy atom. The molecule has 0 saturated heterocycles. The molecule has 86 valence electrons. The highest BCUT2D eigenvalue weighted by atomic mass is 32.2. The van der Waals surface area contributed by atoms with Gasteiger partial charge in [-0.2, -0.15) is 13.0 Å². The summed E-state index contributed by atoms with van der Waals surface area (Å²) in [6, 6.07) is 0. The summed E-state index contributed by atoms with van der Waals surface area (Å²) in [6.45, 7) is 5.03. The van der Waals surface area contributed by atoms with E-state index >= 15 is 0 Å². The first-order valence-electron chi connectivity index (χ1n) is 4.85. The van der Waals surface area contributed by atoms with E-state index in [-0.39, 0.29) is 5.75 Å². The molecule has 1 aromatic rings. The summed E-state index contributed by atoms with van der Waals surface area (Å²) in [7, 11) is -3.81. The van der Waals surface area contributed by atoms with Gasteiger partial charge in [-0.3, -0.25) is 4.55 Å². The zero-order valence-corrected chi connectivity index (χ0v) is 10.6. The minimum absolute atomic E-state index is 0.156. The van der Waals surface area contributed by atoms with Gasteiger partial charge in [-0.25, -0.2) is 0 Å². The fourth-order valence-corrected chi connectivity index (χ4v) is 3.04. The van der Waals surface area contributed by atoms with Crippen LogP contribution in [0.4, 0.5) is 0 Å². The molecular weight excluding hydrogens is 234 g/mol. The SMILES string of the molecule is CC[n+]1csc(CCCS(=O)(=O)O)c1C. The predicted molar refractivity (Wildman–Crippen MR) is 59.7 cm³/mol. The van der Waals surface area contributed by atoms with Gasteiger partial charge >= 0.3 is 0 Å². The van der Waals surface area contributed by atoms with Gasteiger partial charge in [0, 0.05) is 6.92 Å².